The van der Waals surface area contributed by atoms with E-state index in [0.29, 0.717) is 24.7 Å². The molecular weight excluding hydrogens is 769 g/mol. The summed E-state index contributed by atoms with van der Waals surface area (Å²) in [4.78, 5) is 62.0. The van der Waals surface area contributed by atoms with Gasteiger partial charge in [-0.15, -0.1) is 0 Å². The molecule has 4 saturated carbocycles. The Kier molecular flexibility index (Phi) is 15.7. The number of fused-ring (bicyclic) bond motifs is 7. The van der Waals surface area contributed by atoms with Gasteiger partial charge >= 0.3 is 17.9 Å². The number of carboxylic acids is 2. The van der Waals surface area contributed by atoms with Gasteiger partial charge in [-0.25, -0.2) is 4.79 Å². The number of unbranched alkanes of at least 4 members (excludes halogenated alkanes) is 7. The summed E-state index contributed by atoms with van der Waals surface area (Å²) in [5, 5.41) is 24.5. The summed E-state index contributed by atoms with van der Waals surface area (Å²) in [5.41, 5.74) is 1.47. The van der Waals surface area contributed by atoms with Gasteiger partial charge in [0.2, 0.25) is 11.8 Å². The van der Waals surface area contributed by atoms with Crippen molar-refractivity contribution in [1.82, 2.24) is 10.6 Å². The summed E-state index contributed by atoms with van der Waals surface area (Å²) in [6.45, 7) is 21.4. The highest BCUT2D eigenvalue weighted by molar-refractivity contribution is 5.84. The van der Waals surface area contributed by atoms with Crippen LogP contribution in [0.4, 0.5) is 0 Å². The van der Waals surface area contributed by atoms with Crippen LogP contribution < -0.4 is 10.6 Å². The lowest BCUT2D eigenvalue weighted by Crippen LogP contribution is -2.65. The minimum absolute atomic E-state index is 0.0160. The molecule has 0 aromatic carbocycles. The van der Waals surface area contributed by atoms with E-state index < -0.39 is 18.0 Å². The molecule has 0 radical (unpaired) electrons. The topological polar surface area (TPSA) is 159 Å². The molecule has 9 atom stereocenters. The molecule has 0 bridgehead atoms. The van der Waals surface area contributed by atoms with E-state index in [1.807, 2.05) is 0 Å². The van der Waals surface area contributed by atoms with Crippen molar-refractivity contribution in [2.75, 3.05) is 6.54 Å². The van der Waals surface area contributed by atoms with Gasteiger partial charge in [0.05, 0.1) is 5.41 Å². The maximum Gasteiger partial charge on any atom is 0.326 e. The van der Waals surface area contributed by atoms with Gasteiger partial charge in [0, 0.05) is 31.2 Å². The molecule has 5 rings (SSSR count). The molecule has 10 nitrogen and oxygen atoms in total. The summed E-state index contributed by atoms with van der Waals surface area (Å²) in [6, 6.07) is -0.832. The number of aliphatic carboxylic acids is 2. The highest BCUT2D eigenvalue weighted by Crippen LogP contribution is 2.76. The van der Waals surface area contributed by atoms with Crippen molar-refractivity contribution >= 4 is 29.7 Å². The molecule has 346 valence electrons. The fraction of sp³-hybridized carbons (Fsp3) is 0.863. The minimum atomic E-state index is -0.984. The first-order valence-corrected chi connectivity index (χ1v) is 24.5. The number of rotatable bonds is 20. The Bertz CT molecular complexity index is 1630. The second-order valence-electron chi connectivity index (χ2n) is 22.9. The zero-order valence-electron chi connectivity index (χ0n) is 39.6. The van der Waals surface area contributed by atoms with E-state index in [0.717, 1.165) is 122 Å². The fourth-order valence-electron chi connectivity index (χ4n) is 14.0. The Labute approximate surface area is 368 Å². The number of amides is 2. The Morgan fingerprint density at radius 3 is 2.02 bits per heavy atom. The molecule has 2 amide bonds. The second-order valence-corrected chi connectivity index (χ2v) is 22.9. The molecule has 4 fully saturated rings. The number of hydrogen-bond acceptors (Lipinski definition) is 6. The van der Waals surface area contributed by atoms with Gasteiger partial charge in [-0.2, -0.15) is 0 Å². The molecule has 5 aliphatic rings. The number of carbonyl (C=O) groups is 5. The van der Waals surface area contributed by atoms with Crippen molar-refractivity contribution in [3.63, 3.8) is 0 Å². The molecule has 0 unspecified atom stereocenters. The van der Waals surface area contributed by atoms with E-state index in [2.05, 4.69) is 65.2 Å². The number of esters is 1. The highest BCUT2D eigenvalue weighted by atomic mass is 16.5. The molecule has 0 aromatic heterocycles. The number of nitrogens with one attached hydrogen (secondary N) is 2. The minimum Gasteiger partial charge on any atom is -0.481 e. The zero-order valence-corrected chi connectivity index (χ0v) is 39.6. The van der Waals surface area contributed by atoms with Gasteiger partial charge in [0.15, 0.2) is 0 Å². The standard InChI is InChI=1S/C51H84N2O8/c1-34(2)43(44(58)59)53-40(54)19-16-14-12-10-11-13-15-17-32-52-45(60)51-30-28-46(3,4)33-36(51)35-22-23-38-48(7)26-25-39(61-42(57)21-18-20-41(55)56)47(5,6)37(48)24-27-50(38,9)49(35,8)29-31-51/h22,34,36-39,43H,10-21,23-33H2,1-9H3,(H,52,60)(H,53,54)(H,55,56)(H,58,59)/t36-,37-,38+,39-,43-,48-,49+,50+,51-/m0/s1. The van der Waals surface area contributed by atoms with Crippen molar-refractivity contribution in [2.24, 2.45) is 56.2 Å². The molecule has 5 aliphatic carbocycles. The van der Waals surface area contributed by atoms with Crippen LogP contribution >= 0.6 is 0 Å². The van der Waals surface area contributed by atoms with E-state index in [4.69, 9.17) is 9.84 Å². The third-order valence-corrected chi connectivity index (χ3v) is 17.9. The predicted molar refractivity (Wildman–Crippen MR) is 239 cm³/mol. The Hall–Kier alpha value is -2.91. The monoisotopic (exact) mass is 853 g/mol. The van der Waals surface area contributed by atoms with Crippen LogP contribution in [0.1, 0.15) is 204 Å². The summed E-state index contributed by atoms with van der Waals surface area (Å²) in [7, 11) is 0. The van der Waals surface area contributed by atoms with Crippen molar-refractivity contribution < 1.29 is 38.9 Å². The first-order chi connectivity index (χ1) is 28.5. The van der Waals surface area contributed by atoms with Crippen LogP contribution in [0.25, 0.3) is 0 Å². The quantitative estimate of drug-likeness (QED) is 0.0535. The molecule has 0 aromatic rings. The van der Waals surface area contributed by atoms with Crippen molar-refractivity contribution in [3.8, 4) is 0 Å². The second kappa shape index (κ2) is 19.5. The summed E-state index contributed by atoms with van der Waals surface area (Å²) >= 11 is 0. The molecule has 10 heteroatoms. The molecule has 0 heterocycles. The first-order valence-electron chi connectivity index (χ1n) is 24.5. The van der Waals surface area contributed by atoms with Gasteiger partial charge in [0.25, 0.3) is 0 Å². The van der Waals surface area contributed by atoms with Crippen LogP contribution in [0.15, 0.2) is 11.6 Å². The summed E-state index contributed by atoms with van der Waals surface area (Å²) in [6.07, 6.45) is 21.8. The molecule has 0 saturated heterocycles. The number of carbonyl (C=O) groups excluding carboxylic acids is 3. The lowest BCUT2D eigenvalue weighted by atomic mass is 9.33. The third kappa shape index (κ3) is 10.2. The molecule has 4 N–H and O–H groups in total. The third-order valence-electron chi connectivity index (χ3n) is 17.9. The Balaban J connectivity index is 1.15. The molecule has 61 heavy (non-hydrogen) atoms. The molecule has 0 spiro atoms. The number of hydrogen-bond donors (Lipinski definition) is 4. The maximum atomic E-state index is 14.6. The Morgan fingerprint density at radius 1 is 0.738 bits per heavy atom. The van der Waals surface area contributed by atoms with Gasteiger partial charge in [-0.3, -0.25) is 19.2 Å². The Morgan fingerprint density at radius 2 is 1.38 bits per heavy atom. The van der Waals surface area contributed by atoms with E-state index in [1.165, 1.54) is 0 Å². The van der Waals surface area contributed by atoms with Crippen molar-refractivity contribution in [3.05, 3.63) is 11.6 Å². The maximum absolute atomic E-state index is 14.6. The lowest BCUT2D eigenvalue weighted by molar-refractivity contribution is -0.213. The largest absolute Gasteiger partial charge is 0.481 e. The van der Waals surface area contributed by atoms with Crippen LogP contribution in [0.5, 0.6) is 0 Å². The van der Waals surface area contributed by atoms with Gasteiger partial charge < -0.3 is 25.6 Å². The van der Waals surface area contributed by atoms with Crippen LogP contribution in [0.3, 0.4) is 0 Å². The smallest absolute Gasteiger partial charge is 0.326 e. The van der Waals surface area contributed by atoms with Crippen LogP contribution in [0, 0.1) is 56.2 Å². The van der Waals surface area contributed by atoms with E-state index in [9.17, 15) is 29.1 Å². The van der Waals surface area contributed by atoms with Crippen LogP contribution in [-0.2, 0) is 28.7 Å². The highest BCUT2D eigenvalue weighted by Gasteiger charge is 2.69. The fourth-order valence-corrected chi connectivity index (χ4v) is 14.0. The normalized spacial score (nSPS) is 34.0. The zero-order chi connectivity index (χ0) is 45.0. The van der Waals surface area contributed by atoms with Crippen LogP contribution in [0.2, 0.25) is 0 Å². The van der Waals surface area contributed by atoms with Gasteiger partial charge in [-0.05, 0) is 129 Å². The van der Waals surface area contributed by atoms with Gasteiger partial charge in [0.1, 0.15) is 12.1 Å². The molecular formula is C51H84N2O8. The van der Waals surface area contributed by atoms with Gasteiger partial charge in [-0.1, -0.05) is 112 Å². The number of ether oxygens (including phenoxy) is 1. The van der Waals surface area contributed by atoms with Crippen molar-refractivity contribution in [2.45, 2.75) is 216 Å². The first kappa shape index (κ1) is 49.1. The van der Waals surface area contributed by atoms with E-state index in [1.54, 1.807) is 19.4 Å². The van der Waals surface area contributed by atoms with Crippen molar-refractivity contribution in [1.29, 1.82) is 0 Å². The van der Waals surface area contributed by atoms with E-state index in [-0.39, 0.29) is 81.1 Å². The summed E-state index contributed by atoms with van der Waals surface area (Å²) < 4.78 is 6.15. The average molecular weight is 853 g/mol. The lowest BCUT2D eigenvalue weighted by Gasteiger charge is -2.71. The summed E-state index contributed by atoms with van der Waals surface area (Å²) in [5.74, 6) is -1.00. The number of carboxylic acid groups (broad SMARTS) is 2. The number of allylic oxidation sites excluding steroid dienone is 2. The SMILES string of the molecule is CC(C)[C@H](NC(=O)CCCCCCCCCCNC(=O)[C@]12CCC(C)(C)C[C@H]1C1=CC[C@@H]3[C@@]4(C)CC[C@H](OC(=O)CCCC(=O)O)C(C)(C)[C@@H]4CC[C@@]3(C)[C@]1(C)CC2)C(=O)O. The van der Waals surface area contributed by atoms with E-state index >= 15 is 0 Å². The average Bonchev–Trinajstić information content (AvgIpc) is 3.16. The van der Waals surface area contributed by atoms with Crippen LogP contribution in [-0.4, -0.2) is 58.6 Å². The molecule has 0 aliphatic heterocycles. The predicted octanol–water partition coefficient (Wildman–Crippen LogP) is 10.8.